The van der Waals surface area contributed by atoms with Crippen LogP contribution in [0.4, 0.5) is 0 Å². The Morgan fingerprint density at radius 3 is 2.00 bits per heavy atom. The summed E-state index contributed by atoms with van der Waals surface area (Å²) in [5.74, 6) is 1.83. The van der Waals surface area contributed by atoms with Crippen LogP contribution in [0.1, 0.15) is 32.6 Å². The highest BCUT2D eigenvalue weighted by molar-refractivity contribution is 5.92. The minimum Gasteiger partial charge on any atom is -0.496 e. The van der Waals surface area contributed by atoms with Crippen LogP contribution in [0.15, 0.2) is 60.7 Å². The van der Waals surface area contributed by atoms with Gasteiger partial charge in [-0.15, -0.1) is 0 Å². The molecule has 1 aliphatic heterocycles. The molecule has 0 N–H and O–H groups in total. The molecule has 0 atom stereocenters. The first-order valence-electron chi connectivity index (χ1n) is 10.9. The molecule has 0 saturated carbocycles. The van der Waals surface area contributed by atoms with E-state index in [1.165, 1.54) is 23.8 Å². The Morgan fingerprint density at radius 1 is 0.750 bits per heavy atom. The summed E-state index contributed by atoms with van der Waals surface area (Å²) in [5.41, 5.74) is 5.42. The molecule has 3 aromatic rings. The summed E-state index contributed by atoms with van der Waals surface area (Å²) in [6.07, 6.45) is 3.70. The summed E-state index contributed by atoms with van der Waals surface area (Å²) in [6.45, 7) is 1.22. The molecule has 1 heterocycles. The summed E-state index contributed by atoms with van der Waals surface area (Å²) < 4.78 is 21.5. The van der Waals surface area contributed by atoms with Gasteiger partial charge in [-0.3, -0.25) is 0 Å². The van der Waals surface area contributed by atoms with Gasteiger partial charge in [0.05, 0.1) is 14.2 Å². The zero-order valence-electron chi connectivity index (χ0n) is 18.6. The number of aryl methyl sites for hydroxylation is 4. The van der Waals surface area contributed by atoms with E-state index in [4.69, 9.17) is 18.9 Å². The summed E-state index contributed by atoms with van der Waals surface area (Å²) in [6, 6.07) is 20.6. The van der Waals surface area contributed by atoms with Crippen molar-refractivity contribution in [3.63, 3.8) is 0 Å². The quantitative estimate of drug-likeness (QED) is 0.478. The van der Waals surface area contributed by atoms with Crippen molar-refractivity contribution in [1.82, 2.24) is 0 Å². The highest BCUT2D eigenvalue weighted by atomic mass is 16.6. The predicted molar refractivity (Wildman–Crippen MR) is 123 cm³/mol. The van der Waals surface area contributed by atoms with Crippen molar-refractivity contribution in [2.75, 3.05) is 27.4 Å². The molecule has 0 unspecified atom stereocenters. The SMILES string of the molecule is COC(=O)c1ccc(CCc2cccc(CCc3ccc4c(c3)OCCO4)c2)cc1OC. The molecule has 0 spiro atoms. The number of ether oxygens (including phenoxy) is 4. The molecule has 4 rings (SSSR count). The van der Waals surface area contributed by atoms with Crippen LogP contribution in [0, 0.1) is 0 Å². The Labute approximate surface area is 188 Å². The number of carbonyl (C=O) groups excluding carboxylic acids is 1. The lowest BCUT2D eigenvalue weighted by molar-refractivity contribution is 0.0597. The molecule has 3 aromatic carbocycles. The van der Waals surface area contributed by atoms with Crippen molar-refractivity contribution in [3.05, 3.63) is 88.5 Å². The Morgan fingerprint density at radius 2 is 1.34 bits per heavy atom. The maximum Gasteiger partial charge on any atom is 0.341 e. The Hall–Kier alpha value is -3.47. The van der Waals surface area contributed by atoms with Gasteiger partial charge in [-0.05, 0) is 72.2 Å². The molecule has 5 heteroatoms. The number of benzene rings is 3. The number of hydrogen-bond acceptors (Lipinski definition) is 5. The van der Waals surface area contributed by atoms with E-state index in [-0.39, 0.29) is 5.97 Å². The van der Waals surface area contributed by atoms with Gasteiger partial charge in [0.2, 0.25) is 0 Å². The van der Waals surface area contributed by atoms with Crippen LogP contribution in [0.25, 0.3) is 0 Å². The number of esters is 1. The van der Waals surface area contributed by atoms with E-state index in [1.807, 2.05) is 18.2 Å². The monoisotopic (exact) mass is 432 g/mol. The van der Waals surface area contributed by atoms with E-state index in [1.54, 1.807) is 13.2 Å². The average molecular weight is 433 g/mol. The molecule has 1 aliphatic rings. The standard InChI is InChI=1S/C27H28O5/c1-29-25-17-21(10-12-23(25)27(28)30-2)8-6-19-4-3-5-20(16-19)7-9-22-11-13-24-26(18-22)32-15-14-31-24/h3-5,10-13,16-18H,6-9,14-15H2,1-2H3. The van der Waals surface area contributed by atoms with E-state index in [0.717, 1.165) is 42.7 Å². The molecule has 0 saturated heterocycles. The second kappa shape index (κ2) is 10.2. The van der Waals surface area contributed by atoms with Crippen molar-refractivity contribution in [2.45, 2.75) is 25.7 Å². The topological polar surface area (TPSA) is 54.0 Å². The summed E-state index contributed by atoms with van der Waals surface area (Å²) in [4.78, 5) is 11.8. The van der Waals surface area contributed by atoms with Crippen molar-refractivity contribution in [1.29, 1.82) is 0 Å². The van der Waals surface area contributed by atoms with Crippen molar-refractivity contribution >= 4 is 5.97 Å². The second-order valence-corrected chi connectivity index (χ2v) is 7.82. The van der Waals surface area contributed by atoms with Gasteiger partial charge in [-0.2, -0.15) is 0 Å². The Kier molecular flexibility index (Phi) is 6.95. The first kappa shape index (κ1) is 21.8. The number of hydrogen-bond donors (Lipinski definition) is 0. The number of carbonyl (C=O) groups is 1. The molecular formula is C27H28O5. The lowest BCUT2D eigenvalue weighted by Gasteiger charge is -2.18. The maximum atomic E-state index is 11.8. The van der Waals surface area contributed by atoms with Crippen LogP contribution in [0.5, 0.6) is 17.2 Å². The summed E-state index contributed by atoms with van der Waals surface area (Å²) in [7, 11) is 2.94. The molecule has 0 aromatic heterocycles. The van der Waals surface area contributed by atoms with Gasteiger partial charge in [-0.1, -0.05) is 36.4 Å². The van der Waals surface area contributed by atoms with E-state index in [9.17, 15) is 4.79 Å². The average Bonchev–Trinajstić information content (AvgIpc) is 2.85. The molecule has 0 bridgehead atoms. The third-order valence-electron chi connectivity index (χ3n) is 5.67. The van der Waals surface area contributed by atoms with Crippen LogP contribution in [-0.2, 0) is 30.4 Å². The Bertz CT molecular complexity index is 1090. The van der Waals surface area contributed by atoms with Crippen LogP contribution in [0.3, 0.4) is 0 Å². The Balaban J connectivity index is 1.37. The maximum absolute atomic E-state index is 11.8. The number of methoxy groups -OCH3 is 2. The molecule has 0 aliphatic carbocycles. The van der Waals surface area contributed by atoms with Crippen LogP contribution < -0.4 is 14.2 Å². The second-order valence-electron chi connectivity index (χ2n) is 7.82. The van der Waals surface area contributed by atoms with E-state index < -0.39 is 0 Å². The summed E-state index contributed by atoms with van der Waals surface area (Å²) in [5, 5.41) is 0. The van der Waals surface area contributed by atoms with Gasteiger partial charge in [0, 0.05) is 0 Å². The number of fused-ring (bicyclic) bond motifs is 1. The molecular weight excluding hydrogens is 404 g/mol. The first-order chi connectivity index (χ1) is 15.7. The third-order valence-corrected chi connectivity index (χ3v) is 5.67. The fourth-order valence-electron chi connectivity index (χ4n) is 3.93. The highest BCUT2D eigenvalue weighted by Crippen LogP contribution is 2.31. The fourth-order valence-corrected chi connectivity index (χ4v) is 3.93. The van der Waals surface area contributed by atoms with E-state index >= 15 is 0 Å². The van der Waals surface area contributed by atoms with Crippen LogP contribution in [0.2, 0.25) is 0 Å². The predicted octanol–water partition coefficient (Wildman–Crippen LogP) is 4.82. The minimum atomic E-state index is -0.390. The third kappa shape index (κ3) is 5.22. The van der Waals surface area contributed by atoms with E-state index in [0.29, 0.717) is 24.5 Å². The minimum absolute atomic E-state index is 0.390. The molecule has 166 valence electrons. The smallest absolute Gasteiger partial charge is 0.341 e. The number of rotatable bonds is 8. The van der Waals surface area contributed by atoms with Crippen molar-refractivity contribution in [2.24, 2.45) is 0 Å². The van der Waals surface area contributed by atoms with E-state index in [2.05, 4.69) is 36.4 Å². The van der Waals surface area contributed by atoms with Crippen molar-refractivity contribution in [3.8, 4) is 17.2 Å². The van der Waals surface area contributed by atoms with Gasteiger partial charge in [0.25, 0.3) is 0 Å². The zero-order chi connectivity index (χ0) is 22.3. The molecule has 0 fully saturated rings. The molecule has 5 nitrogen and oxygen atoms in total. The lowest BCUT2D eigenvalue weighted by atomic mass is 9.98. The van der Waals surface area contributed by atoms with Crippen LogP contribution in [-0.4, -0.2) is 33.4 Å². The van der Waals surface area contributed by atoms with Crippen LogP contribution >= 0.6 is 0 Å². The van der Waals surface area contributed by atoms with Gasteiger partial charge in [0.15, 0.2) is 11.5 Å². The normalized spacial score (nSPS) is 12.3. The van der Waals surface area contributed by atoms with Gasteiger partial charge in [-0.25, -0.2) is 4.79 Å². The van der Waals surface area contributed by atoms with Gasteiger partial charge in [0.1, 0.15) is 24.5 Å². The molecule has 0 radical (unpaired) electrons. The van der Waals surface area contributed by atoms with Gasteiger partial charge < -0.3 is 18.9 Å². The summed E-state index contributed by atoms with van der Waals surface area (Å²) >= 11 is 0. The lowest BCUT2D eigenvalue weighted by Crippen LogP contribution is -2.15. The fraction of sp³-hybridized carbons (Fsp3) is 0.296. The molecule has 32 heavy (non-hydrogen) atoms. The largest absolute Gasteiger partial charge is 0.496 e. The highest BCUT2D eigenvalue weighted by Gasteiger charge is 2.13. The van der Waals surface area contributed by atoms with Crippen molar-refractivity contribution < 1.29 is 23.7 Å². The molecule has 0 amide bonds. The zero-order valence-corrected chi connectivity index (χ0v) is 18.6. The first-order valence-corrected chi connectivity index (χ1v) is 10.9. The van der Waals surface area contributed by atoms with Gasteiger partial charge >= 0.3 is 5.97 Å².